The highest BCUT2D eigenvalue weighted by Gasteiger charge is 2.20. The van der Waals surface area contributed by atoms with Crippen molar-refractivity contribution in [2.24, 2.45) is 5.92 Å². The lowest BCUT2D eigenvalue weighted by Gasteiger charge is -2.33. The second-order valence-corrected chi connectivity index (χ2v) is 6.27. The molecule has 5 heteroatoms. The molecule has 0 bridgehead atoms. The van der Waals surface area contributed by atoms with Gasteiger partial charge in [0, 0.05) is 19.3 Å². The van der Waals surface area contributed by atoms with Gasteiger partial charge >= 0.3 is 0 Å². The van der Waals surface area contributed by atoms with Crippen LogP contribution in [-0.4, -0.2) is 38.6 Å². The third-order valence-electron chi connectivity index (χ3n) is 3.79. The number of piperidine rings is 1. The number of hydrogen-bond acceptors (Lipinski definition) is 3. The van der Waals surface area contributed by atoms with Gasteiger partial charge in [0.15, 0.2) is 0 Å². The number of benzene rings is 1. The molecule has 1 saturated heterocycles. The Morgan fingerprint density at radius 2 is 1.79 bits per heavy atom. The Hall–Kier alpha value is -0.640. The predicted molar refractivity (Wildman–Crippen MR) is 84.4 cm³/mol. The highest BCUT2D eigenvalue weighted by Crippen LogP contribution is 2.36. The molecule has 0 spiro atoms. The number of rotatable bonds is 3. The molecule has 1 heterocycles. The van der Waals surface area contributed by atoms with Crippen molar-refractivity contribution < 1.29 is 0 Å². The Bertz CT molecular complexity index is 419. The van der Waals surface area contributed by atoms with Crippen molar-refractivity contribution in [3.05, 3.63) is 22.2 Å². The van der Waals surface area contributed by atoms with Gasteiger partial charge in [-0.3, -0.25) is 0 Å². The molecule has 19 heavy (non-hydrogen) atoms. The maximum atomic E-state index is 6.26. The highest BCUT2D eigenvalue weighted by atomic mass is 35.5. The first-order valence-corrected chi connectivity index (χ1v) is 7.37. The van der Waals surface area contributed by atoms with Crippen molar-refractivity contribution in [2.75, 3.05) is 44.4 Å². The fourth-order valence-electron chi connectivity index (χ4n) is 2.67. The summed E-state index contributed by atoms with van der Waals surface area (Å²) in [6, 6.07) is 3.52. The number of nitrogens with two attached hydrogens (primary N) is 1. The number of likely N-dealkylation sites (tertiary alicyclic amines) is 1. The van der Waals surface area contributed by atoms with Gasteiger partial charge in [0.1, 0.15) is 0 Å². The molecule has 1 aromatic rings. The van der Waals surface area contributed by atoms with Crippen LogP contribution in [-0.2, 0) is 0 Å². The maximum Gasteiger partial charge on any atom is 0.0743 e. The standard InChI is InChI=1S/C14H21Cl2N3/c1-18-5-3-10(4-6-18)9-19(2)14-12(15)7-11(17)8-13(14)16/h7-8,10H,3-6,9,17H2,1-2H3. The van der Waals surface area contributed by atoms with Gasteiger partial charge in [-0.15, -0.1) is 0 Å². The number of halogens is 2. The summed E-state index contributed by atoms with van der Waals surface area (Å²) in [5.41, 5.74) is 7.22. The van der Waals surface area contributed by atoms with E-state index in [-0.39, 0.29) is 0 Å². The van der Waals surface area contributed by atoms with Crippen LogP contribution in [0.25, 0.3) is 0 Å². The van der Waals surface area contributed by atoms with Gasteiger partial charge in [0.2, 0.25) is 0 Å². The molecule has 1 aliphatic rings. The van der Waals surface area contributed by atoms with Crippen LogP contribution in [0.5, 0.6) is 0 Å². The number of nitrogens with zero attached hydrogens (tertiary/aromatic N) is 2. The van der Waals surface area contributed by atoms with E-state index in [2.05, 4.69) is 16.8 Å². The molecule has 1 fully saturated rings. The first kappa shape index (κ1) is 14.8. The summed E-state index contributed by atoms with van der Waals surface area (Å²) in [6.07, 6.45) is 2.45. The third kappa shape index (κ3) is 3.68. The lowest BCUT2D eigenvalue weighted by molar-refractivity contribution is 0.222. The zero-order valence-electron chi connectivity index (χ0n) is 11.5. The largest absolute Gasteiger partial charge is 0.399 e. The molecular formula is C14H21Cl2N3. The van der Waals surface area contributed by atoms with Crippen LogP contribution in [0.15, 0.2) is 12.1 Å². The van der Waals surface area contributed by atoms with Gasteiger partial charge in [0.05, 0.1) is 15.7 Å². The van der Waals surface area contributed by atoms with E-state index in [1.807, 2.05) is 7.05 Å². The molecule has 0 unspecified atom stereocenters. The van der Waals surface area contributed by atoms with E-state index in [1.165, 1.54) is 25.9 Å². The van der Waals surface area contributed by atoms with Crippen LogP contribution in [0.3, 0.4) is 0 Å². The molecule has 0 aliphatic carbocycles. The summed E-state index contributed by atoms with van der Waals surface area (Å²) in [5, 5.41) is 1.25. The predicted octanol–water partition coefficient (Wildman–Crippen LogP) is 3.35. The first-order valence-electron chi connectivity index (χ1n) is 6.61. The van der Waals surface area contributed by atoms with Crippen molar-refractivity contribution in [3.8, 4) is 0 Å². The molecule has 106 valence electrons. The topological polar surface area (TPSA) is 32.5 Å². The monoisotopic (exact) mass is 301 g/mol. The van der Waals surface area contributed by atoms with Crippen LogP contribution in [0.4, 0.5) is 11.4 Å². The average Bonchev–Trinajstić information content (AvgIpc) is 2.30. The molecular weight excluding hydrogens is 281 g/mol. The van der Waals surface area contributed by atoms with Crippen molar-refractivity contribution in [1.82, 2.24) is 4.90 Å². The summed E-state index contributed by atoms with van der Waals surface area (Å²) < 4.78 is 0. The van der Waals surface area contributed by atoms with Crippen LogP contribution in [0.1, 0.15) is 12.8 Å². The van der Waals surface area contributed by atoms with Crippen molar-refractivity contribution in [2.45, 2.75) is 12.8 Å². The lowest BCUT2D eigenvalue weighted by Crippen LogP contribution is -2.35. The molecule has 1 aliphatic heterocycles. The van der Waals surface area contributed by atoms with E-state index >= 15 is 0 Å². The Balaban J connectivity index is 2.06. The molecule has 3 nitrogen and oxygen atoms in total. The van der Waals surface area contributed by atoms with Crippen molar-refractivity contribution in [3.63, 3.8) is 0 Å². The summed E-state index contributed by atoms with van der Waals surface area (Å²) >= 11 is 12.5. The van der Waals surface area contributed by atoms with Gasteiger partial charge in [-0.25, -0.2) is 0 Å². The van der Waals surface area contributed by atoms with Crippen LogP contribution >= 0.6 is 23.2 Å². The Kier molecular flexibility index (Phi) is 4.82. The molecule has 2 rings (SSSR count). The van der Waals surface area contributed by atoms with Gasteiger partial charge in [-0.1, -0.05) is 23.2 Å². The summed E-state index contributed by atoms with van der Waals surface area (Å²) in [4.78, 5) is 4.53. The molecule has 2 N–H and O–H groups in total. The third-order valence-corrected chi connectivity index (χ3v) is 4.37. The summed E-state index contributed by atoms with van der Waals surface area (Å²) in [5.74, 6) is 0.700. The minimum atomic E-state index is 0.603. The van der Waals surface area contributed by atoms with E-state index in [9.17, 15) is 0 Å². The summed E-state index contributed by atoms with van der Waals surface area (Å²) in [7, 11) is 4.22. The number of anilines is 2. The van der Waals surface area contributed by atoms with E-state index in [0.717, 1.165) is 12.2 Å². The molecule has 0 aromatic heterocycles. The fraction of sp³-hybridized carbons (Fsp3) is 0.571. The van der Waals surface area contributed by atoms with Gasteiger partial charge in [-0.2, -0.15) is 0 Å². The van der Waals surface area contributed by atoms with Crippen LogP contribution in [0.2, 0.25) is 10.0 Å². The zero-order valence-corrected chi connectivity index (χ0v) is 13.0. The molecule has 0 radical (unpaired) electrons. The van der Waals surface area contributed by atoms with E-state index in [4.69, 9.17) is 28.9 Å². The summed E-state index contributed by atoms with van der Waals surface area (Å²) in [6.45, 7) is 3.32. The molecule has 1 aromatic carbocycles. The van der Waals surface area contributed by atoms with Gasteiger partial charge in [0.25, 0.3) is 0 Å². The SMILES string of the molecule is CN1CCC(CN(C)c2c(Cl)cc(N)cc2Cl)CC1. The maximum absolute atomic E-state index is 6.26. The Morgan fingerprint density at radius 3 is 2.32 bits per heavy atom. The smallest absolute Gasteiger partial charge is 0.0743 e. The Labute approximate surface area is 125 Å². The number of nitrogen functional groups attached to an aromatic ring is 1. The minimum Gasteiger partial charge on any atom is -0.399 e. The van der Waals surface area contributed by atoms with Crippen LogP contribution in [0, 0.1) is 5.92 Å². The van der Waals surface area contributed by atoms with E-state index < -0.39 is 0 Å². The molecule has 0 atom stereocenters. The van der Waals surface area contributed by atoms with E-state index in [1.54, 1.807) is 12.1 Å². The zero-order chi connectivity index (χ0) is 14.0. The van der Waals surface area contributed by atoms with E-state index in [0.29, 0.717) is 21.7 Å². The second kappa shape index (κ2) is 6.21. The minimum absolute atomic E-state index is 0.603. The lowest BCUT2D eigenvalue weighted by atomic mass is 9.96. The van der Waals surface area contributed by atoms with Crippen molar-refractivity contribution >= 4 is 34.6 Å². The number of hydrogen-bond donors (Lipinski definition) is 1. The Morgan fingerprint density at radius 1 is 1.26 bits per heavy atom. The quantitative estimate of drug-likeness (QED) is 0.869. The first-order chi connectivity index (χ1) is 8.97. The van der Waals surface area contributed by atoms with Crippen molar-refractivity contribution in [1.29, 1.82) is 0 Å². The second-order valence-electron chi connectivity index (χ2n) is 5.46. The average molecular weight is 302 g/mol. The van der Waals surface area contributed by atoms with Gasteiger partial charge < -0.3 is 15.5 Å². The van der Waals surface area contributed by atoms with Crippen LogP contribution < -0.4 is 10.6 Å². The highest BCUT2D eigenvalue weighted by molar-refractivity contribution is 6.39. The van der Waals surface area contributed by atoms with Gasteiger partial charge in [-0.05, 0) is 51.0 Å². The molecule has 0 saturated carbocycles. The molecule has 0 amide bonds. The fourth-order valence-corrected chi connectivity index (χ4v) is 3.47. The normalized spacial score (nSPS) is 17.7.